The van der Waals surface area contributed by atoms with Gasteiger partial charge in [0.05, 0.1) is 10.9 Å². The molecular weight excluding hydrogens is 438 g/mol. The molecule has 0 radical (unpaired) electrons. The first-order chi connectivity index (χ1) is 15.9. The Kier molecular flexibility index (Phi) is 7.14. The van der Waals surface area contributed by atoms with Crippen molar-refractivity contribution < 1.29 is 18.0 Å². The quantitative estimate of drug-likeness (QED) is 0.645. The SMILES string of the molecule is CCC(=O)Nc1ccc(S(=O)(=O)N2CCc3ccccc3[C@H]2CC(=O)NC2CCCC2)cc1. The molecule has 2 aromatic rings. The van der Waals surface area contributed by atoms with Gasteiger partial charge in [0.25, 0.3) is 0 Å². The second-order valence-electron chi connectivity index (χ2n) is 8.76. The van der Waals surface area contributed by atoms with Gasteiger partial charge in [0.2, 0.25) is 21.8 Å². The molecule has 1 aliphatic carbocycles. The van der Waals surface area contributed by atoms with Gasteiger partial charge in [-0.05, 0) is 54.7 Å². The fourth-order valence-corrected chi connectivity index (χ4v) is 6.36. The van der Waals surface area contributed by atoms with E-state index in [4.69, 9.17) is 0 Å². The molecule has 1 heterocycles. The lowest BCUT2D eigenvalue weighted by Crippen LogP contribution is -2.43. The van der Waals surface area contributed by atoms with Crippen LogP contribution in [0.5, 0.6) is 0 Å². The molecule has 33 heavy (non-hydrogen) atoms. The Balaban J connectivity index is 1.59. The van der Waals surface area contributed by atoms with Crippen LogP contribution in [0.15, 0.2) is 53.4 Å². The number of carbonyl (C=O) groups is 2. The fourth-order valence-electron chi connectivity index (χ4n) is 4.76. The van der Waals surface area contributed by atoms with Gasteiger partial charge in [0.1, 0.15) is 0 Å². The first-order valence-electron chi connectivity index (χ1n) is 11.7. The average Bonchev–Trinajstić information content (AvgIpc) is 3.32. The number of benzene rings is 2. The Bertz CT molecular complexity index is 1110. The molecule has 1 atom stereocenters. The highest BCUT2D eigenvalue weighted by molar-refractivity contribution is 7.89. The van der Waals surface area contributed by atoms with E-state index in [0.717, 1.165) is 36.8 Å². The van der Waals surface area contributed by atoms with Crippen LogP contribution in [-0.2, 0) is 26.0 Å². The number of sulfonamides is 1. The zero-order chi connectivity index (χ0) is 23.4. The number of nitrogens with zero attached hydrogens (tertiary/aromatic N) is 1. The number of hydrogen-bond donors (Lipinski definition) is 2. The number of hydrogen-bond acceptors (Lipinski definition) is 4. The zero-order valence-electron chi connectivity index (χ0n) is 18.9. The molecule has 7 nitrogen and oxygen atoms in total. The standard InChI is InChI=1S/C25H31N3O4S/c1-2-24(29)26-20-11-13-21(14-12-20)33(31,32)28-16-15-18-7-3-6-10-22(18)23(28)17-25(30)27-19-8-4-5-9-19/h3,6-7,10-14,19,23H,2,4-5,8-9,15-17H2,1H3,(H,26,29)(H,27,30)/t23-/m1/s1. The van der Waals surface area contributed by atoms with E-state index in [1.807, 2.05) is 24.3 Å². The molecule has 4 rings (SSSR count). The largest absolute Gasteiger partial charge is 0.353 e. The van der Waals surface area contributed by atoms with E-state index < -0.39 is 16.1 Å². The number of carbonyl (C=O) groups excluding carboxylic acids is 2. The predicted octanol–water partition coefficient (Wildman–Crippen LogP) is 3.77. The molecule has 2 amide bonds. The maximum atomic E-state index is 13.6. The molecule has 0 unspecified atom stereocenters. The molecule has 0 spiro atoms. The highest BCUT2D eigenvalue weighted by Crippen LogP contribution is 2.36. The lowest BCUT2D eigenvalue weighted by molar-refractivity contribution is -0.122. The van der Waals surface area contributed by atoms with Crippen molar-refractivity contribution >= 4 is 27.5 Å². The van der Waals surface area contributed by atoms with Gasteiger partial charge < -0.3 is 10.6 Å². The number of fused-ring (bicyclic) bond motifs is 1. The summed E-state index contributed by atoms with van der Waals surface area (Å²) in [5.41, 5.74) is 2.53. The van der Waals surface area contributed by atoms with E-state index in [-0.39, 0.29) is 29.2 Å². The van der Waals surface area contributed by atoms with Gasteiger partial charge in [0, 0.05) is 31.1 Å². The van der Waals surface area contributed by atoms with Crippen LogP contribution in [0.1, 0.15) is 62.6 Å². The van der Waals surface area contributed by atoms with Crippen LogP contribution in [0, 0.1) is 0 Å². The minimum Gasteiger partial charge on any atom is -0.353 e. The number of amides is 2. The number of rotatable bonds is 7. The van der Waals surface area contributed by atoms with Gasteiger partial charge in [-0.2, -0.15) is 4.31 Å². The van der Waals surface area contributed by atoms with Gasteiger partial charge in [-0.25, -0.2) is 8.42 Å². The molecule has 8 heteroatoms. The summed E-state index contributed by atoms with van der Waals surface area (Å²) in [5, 5.41) is 5.83. The normalized spacial score (nSPS) is 19.1. The molecule has 2 N–H and O–H groups in total. The van der Waals surface area contributed by atoms with Crippen LogP contribution in [0.4, 0.5) is 5.69 Å². The summed E-state index contributed by atoms with van der Waals surface area (Å²) in [6.45, 7) is 2.07. The topological polar surface area (TPSA) is 95.6 Å². The van der Waals surface area contributed by atoms with Crippen molar-refractivity contribution in [2.75, 3.05) is 11.9 Å². The first kappa shape index (κ1) is 23.4. The smallest absolute Gasteiger partial charge is 0.243 e. The summed E-state index contributed by atoms with van der Waals surface area (Å²) in [7, 11) is -3.84. The molecule has 0 bridgehead atoms. The Hall–Kier alpha value is -2.71. The van der Waals surface area contributed by atoms with Crippen molar-refractivity contribution in [2.45, 2.75) is 68.8 Å². The zero-order valence-corrected chi connectivity index (χ0v) is 19.7. The van der Waals surface area contributed by atoms with Crippen molar-refractivity contribution in [1.82, 2.24) is 9.62 Å². The molecule has 2 aromatic carbocycles. The summed E-state index contributed by atoms with van der Waals surface area (Å²) < 4.78 is 28.7. The van der Waals surface area contributed by atoms with Gasteiger partial charge in [-0.15, -0.1) is 0 Å². The fraction of sp³-hybridized carbons (Fsp3) is 0.440. The van der Waals surface area contributed by atoms with Crippen molar-refractivity contribution in [3.8, 4) is 0 Å². The van der Waals surface area contributed by atoms with E-state index in [0.29, 0.717) is 25.1 Å². The second kappa shape index (κ2) is 10.1. The van der Waals surface area contributed by atoms with Gasteiger partial charge in [-0.1, -0.05) is 44.0 Å². The van der Waals surface area contributed by atoms with E-state index in [2.05, 4.69) is 10.6 Å². The van der Waals surface area contributed by atoms with Crippen molar-refractivity contribution in [3.63, 3.8) is 0 Å². The average molecular weight is 470 g/mol. The predicted molar refractivity (Wildman–Crippen MR) is 127 cm³/mol. The van der Waals surface area contributed by atoms with Gasteiger partial charge in [0.15, 0.2) is 0 Å². The van der Waals surface area contributed by atoms with Crippen LogP contribution in [0.2, 0.25) is 0 Å². The minimum absolute atomic E-state index is 0.0946. The first-order valence-corrected chi connectivity index (χ1v) is 13.1. The Morgan fingerprint density at radius 3 is 2.39 bits per heavy atom. The van der Waals surface area contributed by atoms with Crippen LogP contribution in [-0.4, -0.2) is 37.1 Å². The molecule has 1 fully saturated rings. The Labute approximate surface area is 195 Å². The van der Waals surface area contributed by atoms with E-state index >= 15 is 0 Å². The van der Waals surface area contributed by atoms with Gasteiger partial charge in [-0.3, -0.25) is 9.59 Å². The van der Waals surface area contributed by atoms with Gasteiger partial charge >= 0.3 is 0 Å². The molecular formula is C25H31N3O4S. The number of anilines is 1. The lowest BCUT2D eigenvalue weighted by Gasteiger charge is -2.36. The molecule has 1 aliphatic heterocycles. The minimum atomic E-state index is -3.84. The van der Waals surface area contributed by atoms with E-state index in [1.54, 1.807) is 19.1 Å². The summed E-state index contributed by atoms with van der Waals surface area (Å²) in [5.74, 6) is -0.243. The third kappa shape index (κ3) is 5.28. The molecule has 0 saturated heterocycles. The third-order valence-electron chi connectivity index (χ3n) is 6.53. The third-order valence-corrected chi connectivity index (χ3v) is 8.45. The second-order valence-corrected chi connectivity index (χ2v) is 10.7. The van der Waals surface area contributed by atoms with Crippen LogP contribution in [0.3, 0.4) is 0 Å². The molecule has 1 saturated carbocycles. The monoisotopic (exact) mass is 469 g/mol. The molecule has 176 valence electrons. The maximum Gasteiger partial charge on any atom is 0.243 e. The van der Waals surface area contributed by atoms with Crippen LogP contribution >= 0.6 is 0 Å². The molecule has 0 aromatic heterocycles. The maximum absolute atomic E-state index is 13.6. The van der Waals surface area contributed by atoms with Crippen molar-refractivity contribution in [3.05, 3.63) is 59.7 Å². The van der Waals surface area contributed by atoms with Crippen molar-refractivity contribution in [2.24, 2.45) is 0 Å². The summed E-state index contributed by atoms with van der Waals surface area (Å²) in [6.07, 6.45) is 5.24. The summed E-state index contributed by atoms with van der Waals surface area (Å²) >= 11 is 0. The highest BCUT2D eigenvalue weighted by Gasteiger charge is 2.37. The number of nitrogens with one attached hydrogen (secondary N) is 2. The van der Waals surface area contributed by atoms with Crippen LogP contribution in [0.25, 0.3) is 0 Å². The summed E-state index contributed by atoms with van der Waals surface area (Å²) in [6, 6.07) is 13.6. The van der Waals surface area contributed by atoms with E-state index in [1.165, 1.54) is 16.4 Å². The molecule has 2 aliphatic rings. The summed E-state index contributed by atoms with van der Waals surface area (Å²) in [4.78, 5) is 24.7. The van der Waals surface area contributed by atoms with E-state index in [9.17, 15) is 18.0 Å². The van der Waals surface area contributed by atoms with Crippen LogP contribution < -0.4 is 10.6 Å². The Morgan fingerprint density at radius 2 is 1.70 bits per heavy atom. The van der Waals surface area contributed by atoms with Crippen molar-refractivity contribution in [1.29, 1.82) is 0 Å². The Morgan fingerprint density at radius 1 is 1.00 bits per heavy atom. The lowest BCUT2D eigenvalue weighted by atomic mass is 9.92. The highest BCUT2D eigenvalue weighted by atomic mass is 32.2.